The number of furan rings is 1. The fraction of sp³-hybridized carbons (Fsp3) is 0.381. The second-order valence-corrected chi connectivity index (χ2v) is 6.95. The van der Waals surface area contributed by atoms with Crippen LogP contribution in [0.15, 0.2) is 47.1 Å². The minimum Gasteiger partial charge on any atom is -0.468 e. The molecule has 0 bridgehead atoms. The third kappa shape index (κ3) is 4.60. The van der Waals surface area contributed by atoms with Gasteiger partial charge in [0.1, 0.15) is 12.3 Å². The van der Waals surface area contributed by atoms with Crippen molar-refractivity contribution in [3.8, 4) is 0 Å². The van der Waals surface area contributed by atoms with Gasteiger partial charge in [0, 0.05) is 19.5 Å². The Hall–Kier alpha value is -3.09. The third-order valence-electron chi connectivity index (χ3n) is 4.97. The van der Waals surface area contributed by atoms with E-state index in [4.69, 9.17) is 9.15 Å². The molecule has 2 aromatic rings. The van der Waals surface area contributed by atoms with Gasteiger partial charge >= 0.3 is 5.97 Å². The van der Waals surface area contributed by atoms with E-state index < -0.39 is 11.9 Å². The predicted molar refractivity (Wildman–Crippen MR) is 101 cm³/mol. The van der Waals surface area contributed by atoms with Crippen LogP contribution in [0.3, 0.4) is 0 Å². The minimum absolute atomic E-state index is 0.0938. The maximum absolute atomic E-state index is 13.1. The average molecular weight is 384 g/mol. The lowest BCUT2D eigenvalue weighted by molar-refractivity contribution is -0.148. The number of carbonyl (C=O) groups excluding carboxylic acids is 3. The molecule has 0 saturated carbocycles. The number of esters is 1. The lowest BCUT2D eigenvalue weighted by Gasteiger charge is -2.25. The van der Waals surface area contributed by atoms with Crippen LogP contribution in [0, 0.1) is 12.8 Å². The zero-order chi connectivity index (χ0) is 20.1. The Morgan fingerprint density at radius 2 is 2.04 bits per heavy atom. The molecule has 0 spiro atoms. The van der Waals surface area contributed by atoms with Gasteiger partial charge in [-0.15, -0.1) is 0 Å². The molecule has 1 aromatic carbocycles. The third-order valence-corrected chi connectivity index (χ3v) is 4.97. The van der Waals surface area contributed by atoms with Crippen LogP contribution < -0.4 is 0 Å². The zero-order valence-electron chi connectivity index (χ0n) is 16.1. The van der Waals surface area contributed by atoms with Gasteiger partial charge in [-0.25, -0.2) is 0 Å². The summed E-state index contributed by atoms with van der Waals surface area (Å²) in [5.74, 6) is -0.616. The molecule has 1 saturated heterocycles. The van der Waals surface area contributed by atoms with Gasteiger partial charge in [0.25, 0.3) is 0 Å². The van der Waals surface area contributed by atoms with Crippen molar-refractivity contribution in [1.82, 2.24) is 9.80 Å². The summed E-state index contributed by atoms with van der Waals surface area (Å²) in [4.78, 5) is 40.4. The normalized spacial score (nSPS) is 16.3. The van der Waals surface area contributed by atoms with Crippen LogP contribution in [0.25, 0.3) is 0 Å². The molecule has 1 atom stereocenters. The van der Waals surface area contributed by atoms with E-state index >= 15 is 0 Å². The Kier molecular flexibility index (Phi) is 6.13. The van der Waals surface area contributed by atoms with E-state index in [2.05, 4.69) is 0 Å². The molecule has 148 valence electrons. The van der Waals surface area contributed by atoms with Crippen molar-refractivity contribution in [2.24, 2.45) is 5.92 Å². The molecule has 0 N–H and O–H groups in total. The first-order valence-electron chi connectivity index (χ1n) is 9.18. The summed E-state index contributed by atoms with van der Waals surface area (Å²) >= 11 is 0. The highest BCUT2D eigenvalue weighted by Gasteiger charge is 2.37. The highest BCUT2D eigenvalue weighted by atomic mass is 16.5. The molecule has 2 amide bonds. The van der Waals surface area contributed by atoms with Gasteiger partial charge in [0.2, 0.25) is 11.8 Å². The molecule has 2 heterocycles. The molecular formula is C21H24N2O5. The molecule has 7 heteroatoms. The number of hydrogen-bond acceptors (Lipinski definition) is 5. The van der Waals surface area contributed by atoms with E-state index in [9.17, 15) is 14.4 Å². The van der Waals surface area contributed by atoms with E-state index in [1.165, 1.54) is 12.0 Å². The molecule has 0 aliphatic carbocycles. The van der Waals surface area contributed by atoms with Gasteiger partial charge in [-0.1, -0.05) is 24.3 Å². The van der Waals surface area contributed by atoms with Crippen molar-refractivity contribution in [1.29, 1.82) is 0 Å². The van der Waals surface area contributed by atoms with Gasteiger partial charge < -0.3 is 19.0 Å². The number of ether oxygens (including phenoxy) is 1. The lowest BCUT2D eigenvalue weighted by atomic mass is 10.0. The second-order valence-electron chi connectivity index (χ2n) is 6.95. The summed E-state index contributed by atoms with van der Waals surface area (Å²) in [6.45, 7) is 2.75. The van der Waals surface area contributed by atoms with E-state index in [0.29, 0.717) is 25.4 Å². The number of aryl methyl sites for hydroxylation is 1. The average Bonchev–Trinajstić information content (AvgIpc) is 3.32. The predicted octanol–water partition coefficient (Wildman–Crippen LogP) is 2.14. The Morgan fingerprint density at radius 1 is 1.25 bits per heavy atom. The molecule has 1 unspecified atom stereocenters. The molecule has 1 aliphatic rings. The SMILES string of the molecule is COC(=O)CN(Cc1ccccc1C)C(=O)C1CC(=O)N(Cc2ccco2)C1. The van der Waals surface area contributed by atoms with Gasteiger partial charge in [0.05, 0.1) is 25.8 Å². The Morgan fingerprint density at radius 3 is 2.71 bits per heavy atom. The molecule has 0 radical (unpaired) electrons. The van der Waals surface area contributed by atoms with Crippen molar-refractivity contribution in [2.75, 3.05) is 20.2 Å². The summed E-state index contributed by atoms with van der Waals surface area (Å²) in [5, 5.41) is 0. The topological polar surface area (TPSA) is 80.1 Å². The number of rotatable bonds is 7. The quantitative estimate of drug-likeness (QED) is 0.684. The van der Waals surface area contributed by atoms with Crippen LogP contribution in [0.2, 0.25) is 0 Å². The van der Waals surface area contributed by atoms with E-state index in [0.717, 1.165) is 11.1 Å². The first-order chi connectivity index (χ1) is 13.5. The molecule has 1 fully saturated rings. The highest BCUT2D eigenvalue weighted by Crippen LogP contribution is 2.23. The molecule has 7 nitrogen and oxygen atoms in total. The molecular weight excluding hydrogens is 360 g/mol. The molecule has 1 aliphatic heterocycles. The number of amides is 2. The van der Waals surface area contributed by atoms with Crippen molar-refractivity contribution >= 4 is 17.8 Å². The summed E-state index contributed by atoms with van der Waals surface area (Å²) in [6.07, 6.45) is 1.68. The largest absolute Gasteiger partial charge is 0.468 e. The van der Waals surface area contributed by atoms with Crippen LogP contribution in [-0.2, 0) is 32.2 Å². The van der Waals surface area contributed by atoms with Gasteiger partial charge in [-0.3, -0.25) is 14.4 Å². The first-order valence-corrected chi connectivity index (χ1v) is 9.18. The zero-order valence-corrected chi connectivity index (χ0v) is 16.1. The van der Waals surface area contributed by atoms with Crippen LogP contribution >= 0.6 is 0 Å². The molecule has 1 aromatic heterocycles. The maximum Gasteiger partial charge on any atom is 0.325 e. The number of hydrogen-bond donors (Lipinski definition) is 0. The number of likely N-dealkylation sites (tertiary alicyclic amines) is 1. The van der Waals surface area contributed by atoms with Crippen LogP contribution in [0.5, 0.6) is 0 Å². The number of carbonyl (C=O) groups is 3. The summed E-state index contributed by atoms with van der Waals surface area (Å²) in [6, 6.07) is 11.3. The maximum atomic E-state index is 13.1. The Balaban J connectivity index is 1.72. The van der Waals surface area contributed by atoms with Crippen molar-refractivity contribution in [3.05, 3.63) is 59.5 Å². The second kappa shape index (κ2) is 8.73. The van der Waals surface area contributed by atoms with Crippen LogP contribution in [0.1, 0.15) is 23.3 Å². The van der Waals surface area contributed by atoms with Crippen molar-refractivity contribution in [2.45, 2.75) is 26.4 Å². The smallest absolute Gasteiger partial charge is 0.325 e. The van der Waals surface area contributed by atoms with Crippen molar-refractivity contribution in [3.63, 3.8) is 0 Å². The van der Waals surface area contributed by atoms with Crippen molar-refractivity contribution < 1.29 is 23.5 Å². The number of nitrogens with zero attached hydrogens (tertiary/aromatic N) is 2. The Bertz CT molecular complexity index is 846. The van der Waals surface area contributed by atoms with Gasteiger partial charge in [-0.05, 0) is 30.2 Å². The standard InChI is InChI=1S/C21H24N2O5/c1-15-6-3-4-7-16(15)11-23(14-20(25)27-2)21(26)17-10-19(24)22(12-17)13-18-8-5-9-28-18/h3-9,17H,10-14H2,1-2H3. The minimum atomic E-state index is -0.490. The van der Waals surface area contributed by atoms with E-state index in [1.54, 1.807) is 23.3 Å². The molecule has 3 rings (SSSR count). The fourth-order valence-corrected chi connectivity index (χ4v) is 3.36. The van der Waals surface area contributed by atoms with Gasteiger partial charge in [-0.2, -0.15) is 0 Å². The molecule has 28 heavy (non-hydrogen) atoms. The lowest BCUT2D eigenvalue weighted by Crippen LogP contribution is -2.40. The van der Waals surface area contributed by atoms with Crippen LogP contribution in [-0.4, -0.2) is 47.8 Å². The van der Waals surface area contributed by atoms with E-state index in [1.807, 2.05) is 31.2 Å². The van der Waals surface area contributed by atoms with Crippen LogP contribution in [0.4, 0.5) is 0 Å². The summed E-state index contributed by atoms with van der Waals surface area (Å²) in [5.41, 5.74) is 1.99. The summed E-state index contributed by atoms with van der Waals surface area (Å²) in [7, 11) is 1.29. The fourth-order valence-electron chi connectivity index (χ4n) is 3.36. The monoisotopic (exact) mass is 384 g/mol. The first kappa shape index (κ1) is 19.7. The number of methoxy groups -OCH3 is 1. The van der Waals surface area contributed by atoms with E-state index in [-0.39, 0.29) is 24.8 Å². The highest BCUT2D eigenvalue weighted by molar-refractivity contribution is 5.90. The Labute approximate surface area is 163 Å². The number of benzene rings is 1. The van der Waals surface area contributed by atoms with Gasteiger partial charge in [0.15, 0.2) is 0 Å². The summed E-state index contributed by atoms with van der Waals surface area (Å²) < 4.78 is 10.0.